The van der Waals surface area contributed by atoms with Crippen LogP contribution in [0.2, 0.25) is 0 Å². The summed E-state index contributed by atoms with van der Waals surface area (Å²) in [5.41, 5.74) is -0.531. The van der Waals surface area contributed by atoms with Crippen molar-refractivity contribution in [1.29, 1.82) is 0 Å². The van der Waals surface area contributed by atoms with Crippen molar-refractivity contribution in [2.24, 2.45) is 0 Å². The number of hydrogen-bond acceptors (Lipinski definition) is 4. The molecule has 0 spiro atoms. The number of halogens is 2. The monoisotopic (exact) mass is 391 g/mol. The normalized spacial score (nSPS) is 10.7. The number of fused-ring (bicyclic) bond motifs is 1. The van der Waals surface area contributed by atoms with Gasteiger partial charge in [0, 0.05) is 16.5 Å². The molecule has 0 saturated carbocycles. The molecule has 1 heterocycles. The van der Waals surface area contributed by atoms with E-state index in [2.05, 4.69) is 5.32 Å². The zero-order chi connectivity index (χ0) is 19.4. The summed E-state index contributed by atoms with van der Waals surface area (Å²) in [5.74, 6) is -3.13. The molecule has 2 aromatic carbocycles. The Balaban J connectivity index is 1.89. The number of amides is 1. The Morgan fingerprint density at radius 3 is 2.48 bits per heavy atom. The van der Waals surface area contributed by atoms with Crippen LogP contribution < -0.4 is 10.1 Å². The second-order valence-electron chi connectivity index (χ2n) is 5.65. The molecule has 0 fully saturated rings. The Kier molecular flexibility index (Phi) is 5.66. The minimum Gasteiger partial charge on any atom is -0.491 e. The average molecular weight is 391 g/mol. The molecule has 0 atom stereocenters. The van der Waals surface area contributed by atoms with Crippen molar-refractivity contribution in [3.05, 3.63) is 59.0 Å². The SMILES string of the molecule is O=C(O)CCCOc1c(C(=O)Nc2c(F)cccc2F)sc2ccccc12. The molecule has 0 radical (unpaired) electrons. The van der Waals surface area contributed by atoms with Gasteiger partial charge >= 0.3 is 5.97 Å². The van der Waals surface area contributed by atoms with E-state index in [1.807, 2.05) is 0 Å². The number of aliphatic carboxylic acids is 1. The van der Waals surface area contributed by atoms with Crippen LogP contribution in [0.5, 0.6) is 5.75 Å². The fourth-order valence-electron chi connectivity index (χ4n) is 2.50. The Bertz CT molecular complexity index is 982. The van der Waals surface area contributed by atoms with Crippen LogP contribution in [0, 0.1) is 11.6 Å². The summed E-state index contributed by atoms with van der Waals surface area (Å²) in [6.07, 6.45) is 0.201. The number of nitrogens with one attached hydrogen (secondary N) is 1. The molecule has 0 unspecified atom stereocenters. The van der Waals surface area contributed by atoms with Gasteiger partial charge in [0.1, 0.15) is 22.2 Å². The maximum absolute atomic E-state index is 13.8. The maximum Gasteiger partial charge on any atom is 0.303 e. The van der Waals surface area contributed by atoms with Crippen LogP contribution >= 0.6 is 11.3 Å². The van der Waals surface area contributed by atoms with E-state index in [0.29, 0.717) is 5.39 Å². The van der Waals surface area contributed by atoms with Crippen LogP contribution in [-0.4, -0.2) is 23.6 Å². The first-order valence-electron chi connectivity index (χ1n) is 8.09. The topological polar surface area (TPSA) is 75.6 Å². The van der Waals surface area contributed by atoms with E-state index in [-0.39, 0.29) is 30.1 Å². The van der Waals surface area contributed by atoms with Gasteiger partial charge in [-0.1, -0.05) is 18.2 Å². The maximum atomic E-state index is 13.8. The third-order valence-electron chi connectivity index (χ3n) is 3.74. The van der Waals surface area contributed by atoms with Crippen molar-refractivity contribution in [2.75, 3.05) is 11.9 Å². The number of carboxylic acid groups (broad SMARTS) is 1. The van der Waals surface area contributed by atoms with Crippen molar-refractivity contribution in [1.82, 2.24) is 0 Å². The second kappa shape index (κ2) is 8.13. The number of benzene rings is 2. The van der Waals surface area contributed by atoms with Crippen LogP contribution in [0.1, 0.15) is 22.5 Å². The average Bonchev–Trinajstić information content (AvgIpc) is 3.00. The molecule has 27 heavy (non-hydrogen) atoms. The lowest BCUT2D eigenvalue weighted by atomic mass is 10.2. The van der Waals surface area contributed by atoms with Gasteiger partial charge in [0.15, 0.2) is 5.75 Å². The molecule has 1 aromatic heterocycles. The Labute approximate surface area is 157 Å². The van der Waals surface area contributed by atoms with E-state index in [1.165, 1.54) is 6.07 Å². The number of para-hydroxylation sites is 1. The van der Waals surface area contributed by atoms with Gasteiger partial charge in [-0.15, -0.1) is 11.3 Å². The van der Waals surface area contributed by atoms with Crippen molar-refractivity contribution in [3.63, 3.8) is 0 Å². The molecule has 3 aromatic rings. The van der Waals surface area contributed by atoms with Crippen LogP contribution in [0.15, 0.2) is 42.5 Å². The number of ether oxygens (including phenoxy) is 1. The summed E-state index contributed by atoms with van der Waals surface area (Å²) in [4.78, 5) is 23.4. The molecular weight excluding hydrogens is 376 g/mol. The Morgan fingerprint density at radius 1 is 1.07 bits per heavy atom. The zero-order valence-corrected chi connectivity index (χ0v) is 14.8. The van der Waals surface area contributed by atoms with Gasteiger partial charge in [-0.05, 0) is 30.7 Å². The molecule has 0 bridgehead atoms. The minimum atomic E-state index is -0.943. The first kappa shape index (κ1) is 18.8. The number of anilines is 1. The highest BCUT2D eigenvalue weighted by atomic mass is 32.1. The summed E-state index contributed by atoms with van der Waals surface area (Å²) in [7, 11) is 0. The molecule has 0 saturated heterocycles. The van der Waals surface area contributed by atoms with E-state index in [0.717, 1.165) is 28.2 Å². The van der Waals surface area contributed by atoms with E-state index >= 15 is 0 Å². The lowest BCUT2D eigenvalue weighted by Crippen LogP contribution is -2.14. The lowest BCUT2D eigenvalue weighted by molar-refractivity contribution is -0.137. The predicted octanol–water partition coefficient (Wildman–Crippen LogP) is 4.68. The molecule has 0 aliphatic rings. The quantitative estimate of drug-likeness (QED) is 0.574. The molecule has 1 amide bonds. The summed E-state index contributed by atoms with van der Waals surface area (Å²) < 4.78 is 34.1. The fraction of sp³-hybridized carbons (Fsp3) is 0.158. The summed E-state index contributed by atoms with van der Waals surface area (Å²) >= 11 is 1.13. The highest BCUT2D eigenvalue weighted by molar-refractivity contribution is 7.21. The van der Waals surface area contributed by atoms with Gasteiger partial charge in [0.2, 0.25) is 0 Å². The van der Waals surface area contributed by atoms with Crippen molar-refractivity contribution in [2.45, 2.75) is 12.8 Å². The Hall–Kier alpha value is -3.00. The van der Waals surface area contributed by atoms with E-state index in [9.17, 15) is 18.4 Å². The van der Waals surface area contributed by atoms with E-state index in [1.54, 1.807) is 24.3 Å². The lowest BCUT2D eigenvalue weighted by Gasteiger charge is -2.09. The van der Waals surface area contributed by atoms with Gasteiger partial charge in [-0.25, -0.2) is 8.78 Å². The van der Waals surface area contributed by atoms with Crippen LogP contribution in [0.25, 0.3) is 10.1 Å². The van der Waals surface area contributed by atoms with Gasteiger partial charge < -0.3 is 15.2 Å². The minimum absolute atomic E-state index is 0.0654. The number of rotatable bonds is 7. The number of carbonyl (C=O) groups excluding carboxylic acids is 1. The number of hydrogen-bond donors (Lipinski definition) is 2. The molecule has 3 rings (SSSR count). The summed E-state index contributed by atoms with van der Waals surface area (Å²) in [6, 6.07) is 10.4. The molecule has 140 valence electrons. The third kappa shape index (κ3) is 4.22. The largest absolute Gasteiger partial charge is 0.491 e. The van der Waals surface area contributed by atoms with Crippen molar-refractivity contribution in [3.8, 4) is 5.75 Å². The molecule has 0 aliphatic carbocycles. The van der Waals surface area contributed by atoms with Crippen LogP contribution in [-0.2, 0) is 4.79 Å². The van der Waals surface area contributed by atoms with Gasteiger partial charge in [0.25, 0.3) is 5.91 Å². The standard InChI is InChI=1S/C19H15F2NO4S/c20-12-6-3-7-13(21)16(12)22-19(25)18-17(26-10-4-9-15(23)24)11-5-1-2-8-14(11)27-18/h1-3,5-8H,4,9-10H2,(H,22,25)(H,23,24). The second-order valence-corrected chi connectivity index (χ2v) is 6.71. The fourth-order valence-corrected chi connectivity index (χ4v) is 3.54. The van der Waals surface area contributed by atoms with Crippen molar-refractivity contribution < 1.29 is 28.2 Å². The summed E-state index contributed by atoms with van der Waals surface area (Å²) in [6.45, 7) is 0.0986. The molecule has 2 N–H and O–H groups in total. The number of carboxylic acids is 1. The predicted molar refractivity (Wildman–Crippen MR) is 98.5 cm³/mol. The number of carbonyl (C=O) groups is 2. The Morgan fingerprint density at radius 2 is 1.78 bits per heavy atom. The molecule has 0 aliphatic heterocycles. The molecule has 8 heteroatoms. The van der Waals surface area contributed by atoms with Crippen molar-refractivity contribution >= 4 is 39.0 Å². The van der Waals surface area contributed by atoms with Gasteiger partial charge in [0.05, 0.1) is 6.61 Å². The van der Waals surface area contributed by atoms with E-state index in [4.69, 9.17) is 9.84 Å². The van der Waals surface area contributed by atoms with Gasteiger partial charge in [-0.2, -0.15) is 0 Å². The highest BCUT2D eigenvalue weighted by Gasteiger charge is 2.22. The van der Waals surface area contributed by atoms with Gasteiger partial charge in [-0.3, -0.25) is 9.59 Å². The third-order valence-corrected chi connectivity index (χ3v) is 4.89. The summed E-state index contributed by atoms with van der Waals surface area (Å²) in [5, 5.41) is 11.6. The smallest absolute Gasteiger partial charge is 0.303 e. The first-order valence-corrected chi connectivity index (χ1v) is 8.90. The highest BCUT2D eigenvalue weighted by Crippen LogP contribution is 2.38. The number of thiophene rings is 1. The van der Waals surface area contributed by atoms with E-state index < -0.39 is 29.2 Å². The molecule has 5 nitrogen and oxygen atoms in total. The first-order chi connectivity index (χ1) is 13.0. The van der Waals surface area contributed by atoms with Crippen LogP contribution in [0.3, 0.4) is 0 Å². The zero-order valence-electron chi connectivity index (χ0n) is 14.0. The molecular formula is C19H15F2NO4S. The van der Waals surface area contributed by atoms with Crippen LogP contribution in [0.4, 0.5) is 14.5 Å².